The van der Waals surface area contributed by atoms with Gasteiger partial charge in [0.1, 0.15) is 22.9 Å². The van der Waals surface area contributed by atoms with Crippen LogP contribution in [0.25, 0.3) is 20.9 Å². The molecule has 0 aliphatic heterocycles. The van der Waals surface area contributed by atoms with Gasteiger partial charge in [0.2, 0.25) is 0 Å². The molecule has 0 atom stereocenters. The molecule has 0 fully saturated rings. The lowest BCUT2D eigenvalue weighted by atomic mass is 10.0. The van der Waals surface area contributed by atoms with Gasteiger partial charge >= 0.3 is 5.97 Å². The van der Waals surface area contributed by atoms with Crippen molar-refractivity contribution < 1.29 is 14.6 Å². The number of hydrogen-bond donors (Lipinski definition) is 2. The third-order valence-corrected chi connectivity index (χ3v) is 7.88. The fourth-order valence-electron chi connectivity index (χ4n) is 3.93. The second kappa shape index (κ2) is 11.6. The van der Waals surface area contributed by atoms with E-state index in [9.17, 15) is 9.90 Å². The van der Waals surface area contributed by atoms with Crippen LogP contribution in [0.15, 0.2) is 84.4 Å². The fraction of sp³-hybridized carbons (Fsp3) is 0.167. The van der Waals surface area contributed by atoms with Crippen LogP contribution in [0.5, 0.6) is 11.5 Å². The number of carboxylic acids is 1. The smallest absolute Gasteiger partial charge is 0.339 e. The van der Waals surface area contributed by atoms with Gasteiger partial charge in [-0.2, -0.15) is 0 Å². The lowest BCUT2D eigenvalue weighted by Gasteiger charge is -2.07. The van der Waals surface area contributed by atoms with Gasteiger partial charge in [-0.25, -0.2) is 14.8 Å². The Hall–Kier alpha value is -4.01. The minimum Gasteiger partial charge on any atom is -0.478 e. The molecule has 2 N–H and O–H groups in total. The number of nitrogens with zero attached hydrogens (tertiary/aromatic N) is 2. The van der Waals surface area contributed by atoms with Gasteiger partial charge in [0.25, 0.3) is 0 Å². The third-order valence-electron chi connectivity index (χ3n) is 5.90. The van der Waals surface area contributed by atoms with Gasteiger partial charge in [-0.3, -0.25) is 0 Å². The lowest BCUT2D eigenvalue weighted by molar-refractivity contribution is 0.0697. The number of aromatic nitrogens is 2. The van der Waals surface area contributed by atoms with E-state index in [1.807, 2.05) is 72.1 Å². The van der Waals surface area contributed by atoms with Crippen LogP contribution in [0.3, 0.4) is 0 Å². The van der Waals surface area contributed by atoms with Crippen molar-refractivity contribution in [1.29, 1.82) is 0 Å². The maximum atomic E-state index is 12.1. The number of pyridine rings is 1. The zero-order chi connectivity index (χ0) is 26.5. The van der Waals surface area contributed by atoms with E-state index in [1.54, 1.807) is 23.6 Å². The first kappa shape index (κ1) is 25.6. The number of anilines is 2. The highest BCUT2D eigenvalue weighted by molar-refractivity contribution is 7.19. The molecule has 3 heterocycles. The molecule has 0 spiro atoms. The molecule has 3 aromatic heterocycles. The number of nitrogens with one attached hydrogen (secondary N) is 1. The summed E-state index contributed by atoms with van der Waals surface area (Å²) in [5, 5.41) is 15.6. The molecule has 8 heteroatoms. The number of aromatic carboxylic acids is 1. The Balaban J connectivity index is 1.43. The first-order valence-electron chi connectivity index (χ1n) is 12.3. The quantitative estimate of drug-likeness (QED) is 0.184. The number of ether oxygens (including phenoxy) is 1. The molecule has 38 heavy (non-hydrogen) atoms. The predicted molar refractivity (Wildman–Crippen MR) is 155 cm³/mol. The Morgan fingerprint density at radius 1 is 1.00 bits per heavy atom. The average Bonchev–Trinajstić information content (AvgIpc) is 3.59. The summed E-state index contributed by atoms with van der Waals surface area (Å²) in [7, 11) is 0. The predicted octanol–water partition coefficient (Wildman–Crippen LogP) is 8.76. The summed E-state index contributed by atoms with van der Waals surface area (Å²) in [6, 6.07) is 23.2. The normalized spacial score (nSPS) is 11.0. The minimum atomic E-state index is -1.04. The van der Waals surface area contributed by atoms with Crippen molar-refractivity contribution in [2.24, 2.45) is 5.92 Å². The number of para-hydroxylation sites is 1. The highest BCUT2D eigenvalue weighted by atomic mass is 32.1. The summed E-state index contributed by atoms with van der Waals surface area (Å²) in [4.78, 5) is 23.4. The summed E-state index contributed by atoms with van der Waals surface area (Å²) >= 11 is 3.04. The first-order valence-corrected chi connectivity index (χ1v) is 14.0. The number of thiophene rings is 1. The largest absolute Gasteiger partial charge is 0.478 e. The van der Waals surface area contributed by atoms with Crippen LogP contribution >= 0.6 is 22.7 Å². The Bertz CT molecular complexity index is 1510. The number of rotatable bonds is 10. The average molecular weight is 542 g/mol. The van der Waals surface area contributed by atoms with Crippen molar-refractivity contribution in [1.82, 2.24) is 9.97 Å². The molecule has 0 amide bonds. The number of benzene rings is 2. The van der Waals surface area contributed by atoms with Crippen LogP contribution in [-0.4, -0.2) is 21.0 Å². The Morgan fingerprint density at radius 2 is 1.76 bits per heavy atom. The van der Waals surface area contributed by atoms with Gasteiger partial charge in [-0.15, -0.1) is 11.3 Å². The van der Waals surface area contributed by atoms with Crippen LogP contribution in [0.4, 0.5) is 10.9 Å². The van der Waals surface area contributed by atoms with E-state index >= 15 is 0 Å². The van der Waals surface area contributed by atoms with E-state index < -0.39 is 5.97 Å². The number of aryl methyl sites for hydroxylation is 1. The van der Waals surface area contributed by atoms with Crippen molar-refractivity contribution >= 4 is 39.6 Å². The summed E-state index contributed by atoms with van der Waals surface area (Å²) in [6.45, 7) is 4.39. The van der Waals surface area contributed by atoms with Gasteiger partial charge in [0, 0.05) is 16.6 Å². The van der Waals surface area contributed by atoms with E-state index in [-0.39, 0.29) is 11.4 Å². The summed E-state index contributed by atoms with van der Waals surface area (Å²) in [5.41, 5.74) is 2.90. The zero-order valence-electron chi connectivity index (χ0n) is 21.0. The van der Waals surface area contributed by atoms with E-state index in [4.69, 9.17) is 9.72 Å². The maximum Gasteiger partial charge on any atom is 0.339 e. The lowest BCUT2D eigenvalue weighted by Crippen LogP contribution is -2.05. The van der Waals surface area contributed by atoms with Crippen molar-refractivity contribution in [3.63, 3.8) is 0 Å². The molecule has 6 nitrogen and oxygen atoms in total. The topological polar surface area (TPSA) is 84.3 Å². The molecule has 192 valence electrons. The fourth-order valence-corrected chi connectivity index (χ4v) is 5.66. The minimum absolute atomic E-state index is 0.110. The molecule has 5 rings (SSSR count). The first-order chi connectivity index (χ1) is 18.5. The molecule has 0 radical (unpaired) electrons. The Morgan fingerprint density at radius 3 is 2.45 bits per heavy atom. The molecule has 0 aliphatic carbocycles. The third kappa shape index (κ3) is 6.10. The number of hydrogen-bond acceptors (Lipinski definition) is 7. The Kier molecular flexibility index (Phi) is 7.81. The van der Waals surface area contributed by atoms with Crippen LogP contribution in [0.2, 0.25) is 0 Å². The molecule has 0 aliphatic rings. The highest BCUT2D eigenvalue weighted by Gasteiger charge is 2.18. The van der Waals surface area contributed by atoms with Crippen LogP contribution in [0, 0.1) is 5.92 Å². The number of carboxylic acid groups (broad SMARTS) is 1. The van der Waals surface area contributed by atoms with Gasteiger partial charge < -0.3 is 15.2 Å². The molecule has 0 unspecified atom stereocenters. The second-order valence-electron chi connectivity index (χ2n) is 9.19. The van der Waals surface area contributed by atoms with Crippen LogP contribution in [0.1, 0.15) is 36.3 Å². The van der Waals surface area contributed by atoms with Crippen molar-refractivity contribution in [3.05, 3.63) is 95.6 Å². The molecule has 0 bridgehead atoms. The van der Waals surface area contributed by atoms with Crippen LogP contribution in [-0.2, 0) is 6.42 Å². The van der Waals surface area contributed by atoms with Crippen molar-refractivity contribution in [2.45, 2.75) is 26.7 Å². The molecule has 0 saturated carbocycles. The van der Waals surface area contributed by atoms with Crippen LogP contribution < -0.4 is 10.1 Å². The van der Waals surface area contributed by atoms with E-state index in [0.717, 1.165) is 50.9 Å². The van der Waals surface area contributed by atoms with E-state index in [1.165, 1.54) is 11.3 Å². The second-order valence-corrected chi connectivity index (χ2v) is 11.1. The molecule has 2 aromatic carbocycles. The molecular weight excluding hydrogens is 514 g/mol. The molecule has 5 aromatic rings. The Labute approximate surface area is 229 Å². The number of thiazole rings is 1. The summed E-state index contributed by atoms with van der Waals surface area (Å²) < 4.78 is 5.95. The standard InChI is InChI=1S/C30H27N3O3S2/c1-19(2)10-15-25-27(20-11-13-23(14-12-20)36-22-7-4-3-5-8-22)38-30(32-25)33-28-24(29(34)35)17-21(18-31-28)26-9-6-16-37-26/h3-9,11-14,16-19H,10,15H2,1-2H3,(H,34,35)(H,31,32,33). The summed E-state index contributed by atoms with van der Waals surface area (Å²) in [5.74, 6) is 1.32. The van der Waals surface area contributed by atoms with E-state index in [0.29, 0.717) is 11.0 Å². The highest BCUT2D eigenvalue weighted by Crippen LogP contribution is 2.37. The maximum absolute atomic E-state index is 12.1. The molecular formula is C30H27N3O3S2. The van der Waals surface area contributed by atoms with Gasteiger partial charge in [-0.05, 0) is 78.2 Å². The number of carbonyl (C=O) groups is 1. The SMILES string of the molecule is CC(C)CCc1nc(Nc2ncc(-c3cccs3)cc2C(=O)O)sc1-c1ccc(Oc2ccccc2)cc1. The van der Waals surface area contributed by atoms with Gasteiger partial charge in [0.05, 0.1) is 10.6 Å². The van der Waals surface area contributed by atoms with Crippen molar-refractivity contribution in [2.75, 3.05) is 5.32 Å². The van der Waals surface area contributed by atoms with Crippen molar-refractivity contribution in [3.8, 4) is 32.4 Å². The van der Waals surface area contributed by atoms with Gasteiger partial charge in [-0.1, -0.05) is 49.4 Å². The zero-order valence-corrected chi connectivity index (χ0v) is 22.7. The summed E-state index contributed by atoms with van der Waals surface area (Å²) in [6.07, 6.45) is 3.52. The van der Waals surface area contributed by atoms with Gasteiger partial charge in [0.15, 0.2) is 5.13 Å². The monoisotopic (exact) mass is 541 g/mol. The molecule has 0 saturated heterocycles. The van der Waals surface area contributed by atoms with E-state index in [2.05, 4.69) is 24.1 Å².